The first-order chi connectivity index (χ1) is 19.1. The molecule has 1 aliphatic carbocycles. The molecule has 2 aromatic carbocycles. The lowest BCUT2D eigenvalue weighted by molar-refractivity contribution is 0.188. The van der Waals surface area contributed by atoms with Gasteiger partial charge >= 0.3 is 0 Å². The summed E-state index contributed by atoms with van der Waals surface area (Å²) < 4.78 is 57.6. The van der Waals surface area contributed by atoms with Gasteiger partial charge in [0, 0.05) is 32.7 Å². The molecule has 0 unspecified atom stereocenters. The number of phenols is 1. The van der Waals surface area contributed by atoms with Gasteiger partial charge in [0.25, 0.3) is 0 Å². The lowest BCUT2D eigenvalue weighted by Gasteiger charge is -2.33. The van der Waals surface area contributed by atoms with Crippen molar-refractivity contribution in [3.05, 3.63) is 66.2 Å². The van der Waals surface area contributed by atoms with Crippen molar-refractivity contribution < 1.29 is 21.9 Å². The highest BCUT2D eigenvalue weighted by atomic mass is 32.2. The van der Waals surface area contributed by atoms with Crippen LogP contribution in [0.3, 0.4) is 0 Å². The molecule has 1 saturated carbocycles. The van der Waals surface area contributed by atoms with Gasteiger partial charge in [0.15, 0.2) is 0 Å². The van der Waals surface area contributed by atoms with Crippen molar-refractivity contribution in [1.82, 2.24) is 13.5 Å². The average molecular weight is 590 g/mol. The van der Waals surface area contributed by atoms with Gasteiger partial charge in [-0.2, -0.15) is 8.61 Å². The third-order valence-corrected chi connectivity index (χ3v) is 11.7. The number of aromatic hydroxyl groups is 1. The molecule has 8 nitrogen and oxygen atoms in total. The molecule has 0 aromatic heterocycles. The zero-order valence-electron chi connectivity index (χ0n) is 23.5. The van der Waals surface area contributed by atoms with Gasteiger partial charge in [0.2, 0.25) is 20.0 Å². The zero-order valence-corrected chi connectivity index (χ0v) is 25.2. The minimum Gasteiger partial charge on any atom is -0.508 e. The highest BCUT2D eigenvalue weighted by molar-refractivity contribution is 7.89. The Morgan fingerprint density at radius 1 is 0.725 bits per heavy atom. The van der Waals surface area contributed by atoms with Crippen molar-refractivity contribution in [3.8, 4) is 5.75 Å². The first-order valence-corrected chi connectivity index (χ1v) is 17.2. The summed E-state index contributed by atoms with van der Waals surface area (Å²) in [5.41, 5.74) is 1.49. The van der Waals surface area contributed by atoms with E-state index < -0.39 is 20.0 Å². The third kappa shape index (κ3) is 7.94. The van der Waals surface area contributed by atoms with E-state index in [4.69, 9.17) is 0 Å². The first kappa shape index (κ1) is 30.7. The van der Waals surface area contributed by atoms with Crippen LogP contribution in [0.4, 0.5) is 0 Å². The van der Waals surface area contributed by atoms with Gasteiger partial charge in [-0.05, 0) is 93.6 Å². The predicted molar refractivity (Wildman–Crippen MR) is 158 cm³/mol. The Kier molecular flexibility index (Phi) is 10.5. The first-order valence-electron chi connectivity index (χ1n) is 14.3. The van der Waals surface area contributed by atoms with Crippen molar-refractivity contribution >= 4 is 20.0 Å². The van der Waals surface area contributed by atoms with Gasteiger partial charge in [-0.1, -0.05) is 43.5 Å². The Morgan fingerprint density at radius 2 is 1.20 bits per heavy atom. The van der Waals surface area contributed by atoms with Gasteiger partial charge in [-0.3, -0.25) is 0 Å². The van der Waals surface area contributed by atoms with E-state index in [-0.39, 0.29) is 28.6 Å². The molecule has 10 heteroatoms. The SMILES string of the molecule is C=C1CN(S(=O)(=O)c2ccc(C)cc2)CCCN(CC2CCCCC2)CCCN(S(=O)(=O)c2ccc(O)cc2)C1. The van der Waals surface area contributed by atoms with Gasteiger partial charge in [-0.15, -0.1) is 0 Å². The summed E-state index contributed by atoms with van der Waals surface area (Å²) in [5, 5.41) is 9.67. The lowest BCUT2D eigenvalue weighted by Crippen LogP contribution is -2.42. The van der Waals surface area contributed by atoms with Crippen molar-refractivity contribution in [2.75, 3.05) is 45.8 Å². The predicted octanol–water partition coefficient (Wildman–Crippen LogP) is 4.61. The van der Waals surface area contributed by atoms with E-state index in [1.807, 2.05) is 6.92 Å². The normalized spacial score (nSPS) is 20.6. The third-order valence-electron chi connectivity index (χ3n) is 7.94. The van der Waals surface area contributed by atoms with Crippen molar-refractivity contribution in [2.45, 2.75) is 61.7 Å². The van der Waals surface area contributed by atoms with Crippen LogP contribution in [0, 0.1) is 12.8 Å². The number of benzene rings is 2. The van der Waals surface area contributed by atoms with Crippen LogP contribution in [0.5, 0.6) is 5.75 Å². The van der Waals surface area contributed by atoms with E-state index in [2.05, 4.69) is 11.5 Å². The summed E-state index contributed by atoms with van der Waals surface area (Å²) in [7, 11) is -7.68. The molecule has 40 heavy (non-hydrogen) atoms. The van der Waals surface area contributed by atoms with E-state index in [1.54, 1.807) is 24.3 Å². The van der Waals surface area contributed by atoms with Crippen LogP contribution in [-0.4, -0.2) is 81.3 Å². The van der Waals surface area contributed by atoms with Gasteiger partial charge in [-0.25, -0.2) is 16.8 Å². The van der Waals surface area contributed by atoms with Crippen LogP contribution in [0.25, 0.3) is 0 Å². The second-order valence-corrected chi connectivity index (χ2v) is 15.1. The number of nitrogens with zero attached hydrogens (tertiary/aromatic N) is 3. The van der Waals surface area contributed by atoms with Crippen LogP contribution >= 0.6 is 0 Å². The summed E-state index contributed by atoms with van der Waals surface area (Å²) in [6, 6.07) is 12.3. The molecule has 0 radical (unpaired) electrons. The van der Waals surface area contributed by atoms with Crippen molar-refractivity contribution in [1.29, 1.82) is 0 Å². The number of sulfonamides is 2. The van der Waals surface area contributed by atoms with E-state index in [0.29, 0.717) is 37.4 Å². The van der Waals surface area contributed by atoms with Crippen LogP contribution in [-0.2, 0) is 20.0 Å². The molecular formula is C30H43N3O5S2. The second kappa shape index (κ2) is 13.6. The maximum absolute atomic E-state index is 13.7. The van der Waals surface area contributed by atoms with Gasteiger partial charge < -0.3 is 10.0 Å². The molecule has 2 fully saturated rings. The van der Waals surface area contributed by atoms with E-state index >= 15 is 0 Å². The fraction of sp³-hybridized carbons (Fsp3) is 0.533. The molecule has 220 valence electrons. The van der Waals surface area contributed by atoms with Gasteiger partial charge in [0.05, 0.1) is 9.79 Å². The zero-order chi connectivity index (χ0) is 28.8. The lowest BCUT2D eigenvalue weighted by atomic mass is 9.89. The molecule has 0 spiro atoms. The van der Waals surface area contributed by atoms with Crippen LogP contribution < -0.4 is 0 Å². The molecule has 0 bridgehead atoms. The molecule has 2 aromatic rings. The molecule has 0 atom stereocenters. The highest BCUT2D eigenvalue weighted by Gasteiger charge is 2.30. The molecule has 0 amide bonds. The minimum atomic E-state index is -3.88. The quantitative estimate of drug-likeness (QED) is 0.494. The summed E-state index contributed by atoms with van der Waals surface area (Å²) in [5.74, 6) is 0.623. The molecule has 1 aliphatic heterocycles. The molecule has 4 rings (SSSR count). The Balaban J connectivity index is 1.60. The largest absolute Gasteiger partial charge is 0.508 e. The van der Waals surface area contributed by atoms with Crippen LogP contribution in [0.1, 0.15) is 50.5 Å². The Labute approximate surface area is 240 Å². The second-order valence-electron chi connectivity index (χ2n) is 11.2. The maximum Gasteiger partial charge on any atom is 0.243 e. The topological polar surface area (TPSA) is 98.2 Å². The fourth-order valence-corrected chi connectivity index (χ4v) is 8.71. The summed E-state index contributed by atoms with van der Waals surface area (Å²) in [6.07, 6.45) is 7.58. The van der Waals surface area contributed by atoms with E-state index in [1.165, 1.54) is 65.0 Å². The smallest absolute Gasteiger partial charge is 0.243 e. The monoisotopic (exact) mass is 589 g/mol. The highest BCUT2D eigenvalue weighted by Crippen LogP contribution is 2.26. The summed E-state index contributed by atoms with van der Waals surface area (Å²) in [4.78, 5) is 2.72. The van der Waals surface area contributed by atoms with Crippen LogP contribution in [0.2, 0.25) is 0 Å². The Bertz CT molecular complexity index is 1240. The molecule has 1 saturated heterocycles. The molecule has 1 N–H and O–H groups in total. The van der Waals surface area contributed by atoms with E-state index in [0.717, 1.165) is 25.2 Å². The number of hydrogen-bond donors (Lipinski definition) is 1. The summed E-state index contributed by atoms with van der Waals surface area (Å²) >= 11 is 0. The Hall–Kier alpha value is -2.24. The molecular weight excluding hydrogens is 546 g/mol. The summed E-state index contributed by atoms with van der Waals surface area (Å²) in [6.45, 7) is 9.19. The number of aryl methyl sites for hydroxylation is 1. The molecule has 1 heterocycles. The number of hydrogen-bond acceptors (Lipinski definition) is 6. The standard InChI is InChI=1S/C30H43N3O5S2/c1-25-10-14-29(15-11-25)39(35,36)32-20-6-18-31(24-27-8-4-3-5-9-27)19-7-21-33(23-26(2)22-32)40(37,38)30-16-12-28(34)13-17-30/h10-17,27,34H,2-9,18-24H2,1H3. The fourth-order valence-electron chi connectivity index (χ4n) is 5.71. The van der Waals surface area contributed by atoms with Gasteiger partial charge in [0.1, 0.15) is 5.75 Å². The maximum atomic E-state index is 13.7. The van der Waals surface area contributed by atoms with Crippen LogP contribution in [0.15, 0.2) is 70.5 Å². The van der Waals surface area contributed by atoms with Crippen molar-refractivity contribution in [3.63, 3.8) is 0 Å². The minimum absolute atomic E-state index is 0.00707. The van der Waals surface area contributed by atoms with Crippen molar-refractivity contribution in [2.24, 2.45) is 5.92 Å². The molecule has 2 aliphatic rings. The number of phenolic OH excluding ortho intramolecular Hbond substituents is 1. The Morgan fingerprint density at radius 3 is 1.70 bits per heavy atom. The average Bonchev–Trinajstić information content (AvgIpc) is 2.92. The van der Waals surface area contributed by atoms with E-state index in [9.17, 15) is 21.9 Å². The number of rotatable bonds is 6.